The molecular formula is C23H21ClN8O. The van der Waals surface area contributed by atoms with Gasteiger partial charge in [-0.15, -0.1) is 10.2 Å². The lowest BCUT2D eigenvalue weighted by Crippen LogP contribution is -2.08. The zero-order valence-electron chi connectivity index (χ0n) is 18.0. The molecule has 0 aliphatic rings. The molecule has 0 saturated heterocycles. The highest BCUT2D eigenvalue weighted by atomic mass is 35.5. The van der Waals surface area contributed by atoms with Crippen molar-refractivity contribution >= 4 is 34.0 Å². The van der Waals surface area contributed by atoms with Gasteiger partial charge in [0.15, 0.2) is 11.5 Å². The number of anilines is 1. The van der Waals surface area contributed by atoms with Gasteiger partial charge >= 0.3 is 0 Å². The van der Waals surface area contributed by atoms with Crippen LogP contribution < -0.4 is 15.8 Å². The number of nitrogens with one attached hydrogen (secondary N) is 1. The van der Waals surface area contributed by atoms with E-state index in [4.69, 9.17) is 27.2 Å². The van der Waals surface area contributed by atoms with Crippen LogP contribution in [-0.2, 0) is 6.54 Å². The normalized spacial score (nSPS) is 12.2. The number of rotatable bonds is 6. The number of aromatic nitrogens is 6. The highest BCUT2D eigenvalue weighted by Crippen LogP contribution is 2.28. The molecule has 9 nitrogen and oxygen atoms in total. The fourth-order valence-corrected chi connectivity index (χ4v) is 3.95. The van der Waals surface area contributed by atoms with E-state index in [1.54, 1.807) is 24.0 Å². The van der Waals surface area contributed by atoms with Crippen LogP contribution in [0, 0.1) is 0 Å². The number of fused-ring (bicyclic) bond motifs is 2. The van der Waals surface area contributed by atoms with Gasteiger partial charge < -0.3 is 15.8 Å². The molecule has 0 fully saturated rings. The minimum Gasteiger partial charge on any atom is -0.495 e. The van der Waals surface area contributed by atoms with E-state index in [9.17, 15) is 0 Å². The Hall–Kier alpha value is -3.82. The van der Waals surface area contributed by atoms with E-state index in [0.717, 1.165) is 33.5 Å². The third-order valence-corrected chi connectivity index (χ3v) is 5.67. The molecule has 0 bridgehead atoms. The van der Waals surface area contributed by atoms with Crippen LogP contribution in [0.15, 0.2) is 54.9 Å². The van der Waals surface area contributed by atoms with Gasteiger partial charge in [0.2, 0.25) is 0 Å². The average Bonchev–Trinajstić information content (AvgIpc) is 3.24. The summed E-state index contributed by atoms with van der Waals surface area (Å²) in [6.45, 7) is 2.30. The Morgan fingerprint density at radius 1 is 1.12 bits per heavy atom. The van der Waals surface area contributed by atoms with E-state index in [2.05, 4.69) is 25.5 Å². The molecular weight excluding hydrogens is 440 g/mol. The number of nitrogens with zero attached hydrogens (tertiary/aromatic N) is 6. The van der Waals surface area contributed by atoms with Gasteiger partial charge in [-0.3, -0.25) is 4.98 Å². The van der Waals surface area contributed by atoms with Gasteiger partial charge in [0.25, 0.3) is 0 Å². The zero-order chi connectivity index (χ0) is 22.9. The number of nitrogens with two attached hydrogens (primary N) is 1. The standard InChI is InChI=1S/C23H21ClN8O/c1-13(25)16-4-3-14(9-17(16)24)18-5-6-21-29-30-22(32(21)31-18)12-27-19-7-8-26-20-10-15(33-2)11-28-23(19)20/h3-11,13H,12,25H2,1-2H3,(H,26,27). The van der Waals surface area contributed by atoms with Gasteiger partial charge in [-0.25, -0.2) is 4.98 Å². The molecule has 10 heteroatoms. The minimum absolute atomic E-state index is 0.141. The Bertz CT molecular complexity index is 1470. The third-order valence-electron chi connectivity index (χ3n) is 5.34. The second-order valence-corrected chi connectivity index (χ2v) is 7.99. The number of hydrogen-bond donors (Lipinski definition) is 2. The van der Waals surface area contributed by atoms with Crippen molar-refractivity contribution in [2.45, 2.75) is 19.5 Å². The second-order valence-electron chi connectivity index (χ2n) is 7.58. The van der Waals surface area contributed by atoms with Gasteiger partial charge in [0.1, 0.15) is 11.3 Å². The summed E-state index contributed by atoms with van der Waals surface area (Å²) in [5.74, 6) is 1.31. The van der Waals surface area contributed by atoms with E-state index in [1.807, 2.05) is 49.4 Å². The van der Waals surface area contributed by atoms with Crippen molar-refractivity contribution in [1.29, 1.82) is 0 Å². The number of methoxy groups -OCH3 is 1. The molecule has 1 unspecified atom stereocenters. The maximum atomic E-state index is 6.42. The first-order valence-corrected chi connectivity index (χ1v) is 10.7. The molecule has 0 aliphatic heterocycles. The van der Waals surface area contributed by atoms with E-state index in [1.165, 1.54) is 0 Å². The topological polar surface area (TPSA) is 116 Å². The van der Waals surface area contributed by atoms with Gasteiger partial charge in [-0.05, 0) is 36.8 Å². The predicted octanol–water partition coefficient (Wildman–Crippen LogP) is 4.03. The zero-order valence-corrected chi connectivity index (χ0v) is 18.8. The first kappa shape index (κ1) is 21.0. The summed E-state index contributed by atoms with van der Waals surface area (Å²) >= 11 is 6.42. The van der Waals surface area contributed by atoms with Crippen LogP contribution >= 0.6 is 11.6 Å². The smallest absolute Gasteiger partial charge is 0.178 e. The van der Waals surface area contributed by atoms with Crippen molar-refractivity contribution in [2.24, 2.45) is 5.73 Å². The van der Waals surface area contributed by atoms with E-state index >= 15 is 0 Å². The van der Waals surface area contributed by atoms with E-state index < -0.39 is 0 Å². The minimum atomic E-state index is -0.141. The lowest BCUT2D eigenvalue weighted by molar-refractivity contribution is 0.413. The van der Waals surface area contributed by atoms with E-state index in [-0.39, 0.29) is 6.04 Å². The molecule has 0 saturated carbocycles. The van der Waals surface area contributed by atoms with Gasteiger partial charge in [0, 0.05) is 28.9 Å². The molecule has 166 valence electrons. The summed E-state index contributed by atoms with van der Waals surface area (Å²) in [5, 5.41) is 17.2. The molecule has 0 spiro atoms. The average molecular weight is 461 g/mol. The lowest BCUT2D eigenvalue weighted by Gasteiger charge is -2.10. The fourth-order valence-electron chi connectivity index (χ4n) is 3.59. The van der Waals surface area contributed by atoms with Crippen molar-refractivity contribution < 1.29 is 4.74 Å². The molecule has 1 atom stereocenters. The van der Waals surface area contributed by atoms with Crippen molar-refractivity contribution in [3.8, 4) is 17.0 Å². The SMILES string of the molecule is COc1cnc2c(NCc3nnc4ccc(-c5ccc(C(C)N)c(Cl)c5)nn34)ccnc2c1. The molecule has 0 radical (unpaired) electrons. The predicted molar refractivity (Wildman–Crippen MR) is 127 cm³/mol. The molecule has 1 aromatic carbocycles. The second kappa shape index (κ2) is 8.61. The van der Waals surface area contributed by atoms with Gasteiger partial charge in [-0.2, -0.15) is 9.61 Å². The first-order chi connectivity index (χ1) is 16.0. The Labute approximate surface area is 194 Å². The molecule has 3 N–H and O–H groups in total. The van der Waals surface area contributed by atoms with Crippen molar-refractivity contribution in [3.63, 3.8) is 0 Å². The van der Waals surface area contributed by atoms with Crippen LogP contribution in [0.3, 0.4) is 0 Å². The van der Waals surface area contributed by atoms with Crippen LogP contribution in [0.2, 0.25) is 5.02 Å². The Balaban J connectivity index is 1.44. The Kier molecular flexibility index (Phi) is 5.49. The number of halogens is 1. The van der Waals surface area contributed by atoms with Crippen molar-refractivity contribution in [1.82, 2.24) is 29.8 Å². The lowest BCUT2D eigenvalue weighted by atomic mass is 10.0. The number of hydrogen-bond acceptors (Lipinski definition) is 8. The van der Waals surface area contributed by atoms with E-state index in [0.29, 0.717) is 28.8 Å². The van der Waals surface area contributed by atoms with Crippen LogP contribution in [0.5, 0.6) is 5.75 Å². The molecule has 5 rings (SSSR count). The van der Waals surface area contributed by atoms with Crippen LogP contribution in [-0.4, -0.2) is 36.9 Å². The summed E-state index contributed by atoms with van der Waals surface area (Å²) in [7, 11) is 1.60. The first-order valence-electron chi connectivity index (χ1n) is 10.3. The highest BCUT2D eigenvalue weighted by Gasteiger charge is 2.12. The largest absolute Gasteiger partial charge is 0.495 e. The summed E-state index contributed by atoms with van der Waals surface area (Å²) in [6.07, 6.45) is 3.39. The van der Waals surface area contributed by atoms with Gasteiger partial charge in [0.05, 0.1) is 36.7 Å². The van der Waals surface area contributed by atoms with Crippen molar-refractivity contribution in [3.05, 3.63) is 71.3 Å². The highest BCUT2D eigenvalue weighted by molar-refractivity contribution is 6.31. The molecule has 4 aromatic heterocycles. The summed E-state index contributed by atoms with van der Waals surface area (Å²) in [6, 6.07) is 13.1. The maximum Gasteiger partial charge on any atom is 0.178 e. The molecule has 0 aliphatic carbocycles. The molecule has 4 heterocycles. The maximum absolute atomic E-state index is 6.42. The van der Waals surface area contributed by atoms with Crippen LogP contribution in [0.25, 0.3) is 27.9 Å². The van der Waals surface area contributed by atoms with Crippen LogP contribution in [0.4, 0.5) is 5.69 Å². The van der Waals surface area contributed by atoms with Gasteiger partial charge in [-0.1, -0.05) is 23.7 Å². The summed E-state index contributed by atoms with van der Waals surface area (Å²) < 4.78 is 6.95. The Morgan fingerprint density at radius 3 is 2.79 bits per heavy atom. The monoisotopic (exact) mass is 460 g/mol. The number of ether oxygens (including phenoxy) is 1. The number of pyridine rings is 2. The fraction of sp³-hybridized carbons (Fsp3) is 0.174. The molecule has 0 amide bonds. The summed E-state index contributed by atoms with van der Waals surface area (Å²) in [4.78, 5) is 8.83. The third kappa shape index (κ3) is 4.04. The summed E-state index contributed by atoms with van der Waals surface area (Å²) in [5.41, 5.74) is 11.5. The molecule has 5 aromatic rings. The van der Waals surface area contributed by atoms with Crippen LogP contribution in [0.1, 0.15) is 24.4 Å². The number of benzene rings is 1. The molecule has 33 heavy (non-hydrogen) atoms. The quantitative estimate of drug-likeness (QED) is 0.390. The Morgan fingerprint density at radius 2 is 2.00 bits per heavy atom. The van der Waals surface area contributed by atoms with Crippen molar-refractivity contribution in [2.75, 3.05) is 12.4 Å².